The molecule has 9 nitrogen and oxygen atoms in total. The third-order valence-corrected chi connectivity index (χ3v) is 5.21. The summed E-state index contributed by atoms with van der Waals surface area (Å²) < 4.78 is 7.19. The summed E-state index contributed by atoms with van der Waals surface area (Å²) in [7, 11) is 0. The number of pyridine rings is 1. The van der Waals surface area contributed by atoms with Gasteiger partial charge >= 0.3 is 0 Å². The molecule has 0 aliphatic carbocycles. The molecule has 4 heterocycles. The van der Waals surface area contributed by atoms with Crippen LogP contribution in [0.25, 0.3) is 33.1 Å². The predicted octanol–water partition coefficient (Wildman–Crippen LogP) is 1.85. The summed E-state index contributed by atoms with van der Waals surface area (Å²) >= 11 is 0. The van der Waals surface area contributed by atoms with Crippen molar-refractivity contribution in [3.8, 4) is 11.3 Å². The lowest BCUT2D eigenvalue weighted by molar-refractivity contribution is -0.130. The molecular formula is C20H21N7O2. The number of carbonyl (C=O) groups excluding carboxylic acids is 1. The molecule has 1 fully saturated rings. The number of nitrogens with two attached hydrogens (primary N) is 1. The summed E-state index contributed by atoms with van der Waals surface area (Å²) in [5, 5.41) is 16.3. The van der Waals surface area contributed by atoms with Crippen LogP contribution in [0.15, 0.2) is 36.7 Å². The van der Waals surface area contributed by atoms with Crippen molar-refractivity contribution in [3.63, 3.8) is 0 Å². The SMILES string of the molecule is Nc1nc2cc(-c3ccn[nH]3)ccc2c2cn(CCNC(=O)[C@H]3CCCO3)nc12. The lowest BCUT2D eigenvalue weighted by atomic mass is 10.1. The number of ether oxygens (including phenoxy) is 1. The Balaban J connectivity index is 1.39. The molecule has 1 aromatic carbocycles. The van der Waals surface area contributed by atoms with Crippen LogP contribution in [0.5, 0.6) is 0 Å². The van der Waals surface area contributed by atoms with E-state index in [2.05, 4.69) is 25.6 Å². The molecule has 4 aromatic rings. The van der Waals surface area contributed by atoms with Crippen LogP contribution < -0.4 is 11.1 Å². The summed E-state index contributed by atoms with van der Waals surface area (Å²) in [4.78, 5) is 16.6. The maximum absolute atomic E-state index is 12.1. The average Bonchev–Trinajstić information content (AvgIpc) is 3.48. The number of rotatable bonds is 5. The molecule has 0 saturated carbocycles. The number of amides is 1. The third-order valence-electron chi connectivity index (χ3n) is 5.21. The maximum Gasteiger partial charge on any atom is 0.249 e. The summed E-state index contributed by atoms with van der Waals surface area (Å²) in [5.74, 6) is 0.327. The largest absolute Gasteiger partial charge is 0.382 e. The van der Waals surface area contributed by atoms with Crippen molar-refractivity contribution < 1.29 is 9.53 Å². The van der Waals surface area contributed by atoms with Gasteiger partial charge in [-0.25, -0.2) is 4.98 Å². The number of nitrogens with zero attached hydrogens (tertiary/aromatic N) is 4. The fourth-order valence-corrected chi connectivity index (χ4v) is 3.73. The second kappa shape index (κ2) is 7.17. The van der Waals surface area contributed by atoms with E-state index < -0.39 is 0 Å². The summed E-state index contributed by atoms with van der Waals surface area (Å²) in [6.45, 7) is 1.67. The predicted molar refractivity (Wildman–Crippen MR) is 109 cm³/mol. The Labute approximate surface area is 166 Å². The molecule has 1 aliphatic heterocycles. The molecule has 4 N–H and O–H groups in total. The molecule has 0 radical (unpaired) electrons. The topological polar surface area (TPSA) is 124 Å². The smallest absolute Gasteiger partial charge is 0.249 e. The molecule has 1 atom stereocenters. The van der Waals surface area contributed by atoms with E-state index in [9.17, 15) is 4.79 Å². The monoisotopic (exact) mass is 391 g/mol. The van der Waals surface area contributed by atoms with Crippen LogP contribution in [0.4, 0.5) is 5.82 Å². The minimum absolute atomic E-state index is 0.0582. The average molecular weight is 391 g/mol. The van der Waals surface area contributed by atoms with Gasteiger partial charge in [0, 0.05) is 41.9 Å². The van der Waals surface area contributed by atoms with Crippen molar-refractivity contribution in [2.24, 2.45) is 0 Å². The van der Waals surface area contributed by atoms with Gasteiger partial charge in [0.1, 0.15) is 11.6 Å². The highest BCUT2D eigenvalue weighted by molar-refractivity contribution is 6.08. The molecule has 148 valence electrons. The number of carbonyl (C=O) groups is 1. The molecule has 1 saturated heterocycles. The fraction of sp³-hybridized carbons (Fsp3) is 0.300. The number of anilines is 1. The highest BCUT2D eigenvalue weighted by atomic mass is 16.5. The number of H-pyrrole nitrogens is 1. The van der Waals surface area contributed by atoms with E-state index in [0.29, 0.717) is 31.0 Å². The second-order valence-electron chi connectivity index (χ2n) is 7.15. The number of benzene rings is 1. The van der Waals surface area contributed by atoms with Gasteiger partial charge in [-0.15, -0.1) is 0 Å². The van der Waals surface area contributed by atoms with Crippen LogP contribution in [-0.4, -0.2) is 50.1 Å². The first-order valence-corrected chi connectivity index (χ1v) is 9.64. The van der Waals surface area contributed by atoms with E-state index in [1.165, 1.54) is 0 Å². The van der Waals surface area contributed by atoms with Crippen molar-refractivity contribution in [1.82, 2.24) is 30.3 Å². The number of nitrogens with one attached hydrogen (secondary N) is 2. The Kier molecular flexibility index (Phi) is 4.36. The molecule has 3 aromatic heterocycles. The molecule has 5 rings (SSSR count). The molecule has 9 heteroatoms. The number of aromatic nitrogens is 5. The number of hydrogen-bond donors (Lipinski definition) is 3. The molecule has 0 bridgehead atoms. The molecule has 1 aliphatic rings. The lowest BCUT2D eigenvalue weighted by Crippen LogP contribution is -2.36. The van der Waals surface area contributed by atoms with Crippen molar-refractivity contribution in [2.45, 2.75) is 25.5 Å². The zero-order valence-electron chi connectivity index (χ0n) is 15.8. The fourth-order valence-electron chi connectivity index (χ4n) is 3.73. The Morgan fingerprint density at radius 2 is 2.28 bits per heavy atom. The van der Waals surface area contributed by atoms with Gasteiger partial charge in [-0.1, -0.05) is 12.1 Å². The summed E-state index contributed by atoms with van der Waals surface area (Å²) in [6, 6.07) is 7.93. The van der Waals surface area contributed by atoms with Gasteiger partial charge < -0.3 is 15.8 Å². The Morgan fingerprint density at radius 3 is 3.07 bits per heavy atom. The molecule has 0 unspecified atom stereocenters. The first-order valence-electron chi connectivity index (χ1n) is 9.64. The van der Waals surface area contributed by atoms with Crippen molar-refractivity contribution in [1.29, 1.82) is 0 Å². The van der Waals surface area contributed by atoms with Crippen LogP contribution in [0.1, 0.15) is 12.8 Å². The normalized spacial score (nSPS) is 16.6. The second-order valence-corrected chi connectivity index (χ2v) is 7.15. The number of aromatic amines is 1. The van der Waals surface area contributed by atoms with E-state index >= 15 is 0 Å². The van der Waals surface area contributed by atoms with Gasteiger partial charge in [0.2, 0.25) is 5.91 Å². The molecule has 0 spiro atoms. The molecule has 1 amide bonds. The highest BCUT2D eigenvalue weighted by Gasteiger charge is 2.23. The number of nitrogen functional groups attached to an aromatic ring is 1. The van der Waals surface area contributed by atoms with E-state index in [1.807, 2.05) is 30.5 Å². The molecule has 29 heavy (non-hydrogen) atoms. The van der Waals surface area contributed by atoms with Crippen molar-refractivity contribution in [2.75, 3.05) is 18.9 Å². The van der Waals surface area contributed by atoms with Crippen LogP contribution in [-0.2, 0) is 16.1 Å². The maximum atomic E-state index is 12.1. The van der Waals surface area contributed by atoms with E-state index in [1.54, 1.807) is 10.9 Å². The van der Waals surface area contributed by atoms with Crippen LogP contribution in [0, 0.1) is 0 Å². The van der Waals surface area contributed by atoms with E-state index in [4.69, 9.17) is 10.5 Å². The zero-order chi connectivity index (χ0) is 19.8. The Hall–Kier alpha value is -3.46. The first-order chi connectivity index (χ1) is 14.2. The van der Waals surface area contributed by atoms with Crippen molar-refractivity contribution in [3.05, 3.63) is 36.7 Å². The highest BCUT2D eigenvalue weighted by Crippen LogP contribution is 2.29. The van der Waals surface area contributed by atoms with Gasteiger partial charge in [-0.2, -0.15) is 10.2 Å². The van der Waals surface area contributed by atoms with E-state index in [0.717, 1.165) is 40.4 Å². The molecular weight excluding hydrogens is 370 g/mol. The van der Waals surface area contributed by atoms with Crippen LogP contribution >= 0.6 is 0 Å². The summed E-state index contributed by atoms with van der Waals surface area (Å²) in [5.41, 5.74) is 9.55. The first kappa shape index (κ1) is 17.6. The van der Waals surface area contributed by atoms with Gasteiger partial charge in [-0.05, 0) is 25.0 Å². The third kappa shape index (κ3) is 3.29. The van der Waals surface area contributed by atoms with Gasteiger partial charge in [0.15, 0.2) is 5.82 Å². The van der Waals surface area contributed by atoms with Crippen LogP contribution in [0.2, 0.25) is 0 Å². The minimum Gasteiger partial charge on any atom is -0.382 e. The van der Waals surface area contributed by atoms with Crippen molar-refractivity contribution >= 4 is 33.5 Å². The number of hydrogen-bond acceptors (Lipinski definition) is 6. The minimum atomic E-state index is -0.320. The van der Waals surface area contributed by atoms with Gasteiger partial charge in [-0.3, -0.25) is 14.6 Å². The number of fused-ring (bicyclic) bond motifs is 3. The standard InChI is InChI=1S/C20H21N7O2/c21-19-18-14(11-27(26-18)8-7-22-20(28)17-2-1-9-29-17)13-4-3-12(10-16(13)24-19)15-5-6-23-25-15/h3-6,10-11,17H,1-2,7-9H2,(H2,21,24)(H,22,28)(H,23,25)/t17-/m1/s1. The van der Waals surface area contributed by atoms with E-state index in [-0.39, 0.29) is 12.0 Å². The quantitative estimate of drug-likeness (QED) is 0.477. The Bertz CT molecular complexity index is 1180. The zero-order valence-corrected chi connectivity index (χ0v) is 15.8. The van der Waals surface area contributed by atoms with Crippen LogP contribution in [0.3, 0.4) is 0 Å². The lowest BCUT2D eigenvalue weighted by Gasteiger charge is -2.10. The van der Waals surface area contributed by atoms with Gasteiger partial charge in [0.05, 0.1) is 17.8 Å². The summed E-state index contributed by atoms with van der Waals surface area (Å²) in [6.07, 6.45) is 5.06. The Morgan fingerprint density at radius 1 is 1.34 bits per heavy atom. The van der Waals surface area contributed by atoms with Gasteiger partial charge in [0.25, 0.3) is 0 Å².